The minimum Gasteiger partial charge on any atom is -0.493 e. The number of hydrogen-bond acceptors (Lipinski definition) is 5. The maximum Gasteiger partial charge on any atom is 0.283 e. The van der Waals surface area contributed by atoms with Gasteiger partial charge >= 0.3 is 0 Å². The second-order valence-electron chi connectivity index (χ2n) is 4.82. The zero-order valence-corrected chi connectivity index (χ0v) is 14.0. The number of carbonyl (C=O) groups excluding carboxylic acids is 1. The smallest absolute Gasteiger partial charge is 0.283 e. The van der Waals surface area contributed by atoms with Crippen LogP contribution in [0.4, 0.5) is 11.4 Å². The number of methoxy groups -OCH3 is 2. The van der Waals surface area contributed by atoms with E-state index in [1.165, 1.54) is 38.3 Å². The third-order valence-corrected chi connectivity index (χ3v) is 3.68. The first-order chi connectivity index (χ1) is 11.4. The summed E-state index contributed by atoms with van der Waals surface area (Å²) in [6.07, 6.45) is 0. The van der Waals surface area contributed by atoms with Crippen molar-refractivity contribution in [3.63, 3.8) is 0 Å². The number of hydrogen-bond donors (Lipinski definition) is 0. The van der Waals surface area contributed by atoms with Crippen molar-refractivity contribution >= 4 is 28.9 Å². The van der Waals surface area contributed by atoms with Gasteiger partial charge in [0.1, 0.15) is 5.56 Å². The van der Waals surface area contributed by atoms with Crippen LogP contribution in [0, 0.1) is 10.1 Å². The van der Waals surface area contributed by atoms with Crippen LogP contribution in [0.15, 0.2) is 36.4 Å². The monoisotopic (exact) mass is 350 g/mol. The number of nitro benzene ring substituents is 1. The first-order valence-electron chi connectivity index (χ1n) is 6.83. The molecular formula is C16H15ClN2O5. The summed E-state index contributed by atoms with van der Waals surface area (Å²) in [6, 6.07) is 8.83. The molecule has 0 heterocycles. The van der Waals surface area contributed by atoms with E-state index in [-0.39, 0.29) is 16.3 Å². The Morgan fingerprint density at radius 2 is 1.79 bits per heavy atom. The van der Waals surface area contributed by atoms with E-state index in [4.69, 9.17) is 21.1 Å². The molecule has 8 heteroatoms. The Kier molecular flexibility index (Phi) is 5.25. The topological polar surface area (TPSA) is 81.9 Å². The number of nitrogens with zero attached hydrogens (tertiary/aromatic N) is 2. The maximum absolute atomic E-state index is 12.6. The van der Waals surface area contributed by atoms with Gasteiger partial charge in [0.25, 0.3) is 11.6 Å². The lowest BCUT2D eigenvalue weighted by Crippen LogP contribution is -2.27. The van der Waals surface area contributed by atoms with Crippen LogP contribution in [0.2, 0.25) is 5.02 Å². The van der Waals surface area contributed by atoms with Crippen molar-refractivity contribution in [3.05, 3.63) is 57.1 Å². The number of anilines is 1. The summed E-state index contributed by atoms with van der Waals surface area (Å²) in [5, 5.41) is 11.3. The highest BCUT2D eigenvalue weighted by Crippen LogP contribution is 2.32. The molecule has 0 aliphatic heterocycles. The van der Waals surface area contributed by atoms with Crippen LogP contribution in [-0.2, 0) is 0 Å². The van der Waals surface area contributed by atoms with Crippen molar-refractivity contribution in [1.29, 1.82) is 0 Å². The Balaban J connectivity index is 2.42. The highest BCUT2D eigenvalue weighted by Gasteiger charge is 2.24. The van der Waals surface area contributed by atoms with Crippen LogP contribution < -0.4 is 14.4 Å². The van der Waals surface area contributed by atoms with Gasteiger partial charge in [-0.1, -0.05) is 11.6 Å². The van der Waals surface area contributed by atoms with Crippen molar-refractivity contribution in [1.82, 2.24) is 0 Å². The van der Waals surface area contributed by atoms with Crippen LogP contribution >= 0.6 is 11.6 Å². The molecule has 2 aromatic carbocycles. The highest BCUT2D eigenvalue weighted by molar-refractivity contribution is 6.31. The number of halogens is 1. The predicted molar refractivity (Wildman–Crippen MR) is 90.4 cm³/mol. The molecule has 0 aromatic heterocycles. The van der Waals surface area contributed by atoms with Gasteiger partial charge in [0, 0.05) is 29.9 Å². The summed E-state index contributed by atoms with van der Waals surface area (Å²) in [5.41, 5.74) is 0.100. The van der Waals surface area contributed by atoms with Gasteiger partial charge in [-0.2, -0.15) is 0 Å². The van der Waals surface area contributed by atoms with Crippen molar-refractivity contribution < 1.29 is 19.2 Å². The van der Waals surface area contributed by atoms with Crippen LogP contribution in [0.3, 0.4) is 0 Å². The van der Waals surface area contributed by atoms with E-state index in [1.807, 2.05) is 0 Å². The van der Waals surface area contributed by atoms with Gasteiger partial charge in [-0.25, -0.2) is 0 Å². The molecule has 0 saturated heterocycles. The zero-order valence-electron chi connectivity index (χ0n) is 13.3. The summed E-state index contributed by atoms with van der Waals surface area (Å²) >= 11 is 5.78. The number of nitro groups is 1. The molecular weight excluding hydrogens is 336 g/mol. The van der Waals surface area contributed by atoms with E-state index in [0.717, 1.165) is 6.07 Å². The average Bonchev–Trinajstić information content (AvgIpc) is 2.59. The van der Waals surface area contributed by atoms with Crippen molar-refractivity contribution in [2.24, 2.45) is 0 Å². The summed E-state index contributed by atoms with van der Waals surface area (Å²) in [6.45, 7) is 0. The van der Waals surface area contributed by atoms with Crippen molar-refractivity contribution in [2.45, 2.75) is 0 Å². The molecule has 0 fully saturated rings. The molecule has 0 atom stereocenters. The quantitative estimate of drug-likeness (QED) is 0.608. The van der Waals surface area contributed by atoms with E-state index >= 15 is 0 Å². The molecule has 0 N–H and O–H groups in total. The van der Waals surface area contributed by atoms with Crippen LogP contribution in [0.5, 0.6) is 11.5 Å². The lowest BCUT2D eigenvalue weighted by Gasteiger charge is -2.19. The standard InChI is InChI=1S/C16H15ClN2O5/c1-18(11-5-7-14(23-2)15(9-11)24-3)16(20)12-6-4-10(17)8-13(12)19(21)22/h4-9H,1-3H3. The van der Waals surface area contributed by atoms with Gasteiger partial charge in [-0.15, -0.1) is 0 Å². The van der Waals surface area contributed by atoms with Crippen molar-refractivity contribution in [2.75, 3.05) is 26.2 Å². The fourth-order valence-corrected chi connectivity index (χ4v) is 2.33. The Bertz CT molecular complexity index is 794. The summed E-state index contributed by atoms with van der Waals surface area (Å²) in [4.78, 5) is 24.5. The Hall–Kier alpha value is -2.80. The number of ether oxygens (including phenoxy) is 2. The SMILES string of the molecule is COc1ccc(N(C)C(=O)c2ccc(Cl)cc2[N+](=O)[O-])cc1OC. The molecule has 0 spiro atoms. The van der Waals surface area contributed by atoms with Crippen LogP contribution in [0.25, 0.3) is 0 Å². The normalized spacial score (nSPS) is 10.2. The van der Waals surface area contributed by atoms with Gasteiger partial charge in [0.15, 0.2) is 11.5 Å². The van der Waals surface area contributed by atoms with E-state index < -0.39 is 10.8 Å². The van der Waals surface area contributed by atoms with Gasteiger partial charge in [-0.3, -0.25) is 14.9 Å². The molecule has 24 heavy (non-hydrogen) atoms. The van der Waals surface area contributed by atoms with Crippen LogP contribution in [0.1, 0.15) is 10.4 Å². The molecule has 2 rings (SSSR count). The molecule has 0 aliphatic rings. The third-order valence-electron chi connectivity index (χ3n) is 3.45. The van der Waals surface area contributed by atoms with E-state index in [0.29, 0.717) is 17.2 Å². The number of carbonyl (C=O) groups is 1. The largest absolute Gasteiger partial charge is 0.493 e. The predicted octanol–water partition coefficient (Wildman–Crippen LogP) is 3.54. The zero-order chi connectivity index (χ0) is 17.9. The van der Waals surface area contributed by atoms with Gasteiger partial charge in [-0.05, 0) is 24.3 Å². The molecule has 7 nitrogen and oxygen atoms in total. The average molecular weight is 351 g/mol. The lowest BCUT2D eigenvalue weighted by molar-refractivity contribution is -0.385. The van der Waals surface area contributed by atoms with Crippen molar-refractivity contribution in [3.8, 4) is 11.5 Å². The van der Waals surface area contributed by atoms with E-state index in [2.05, 4.69) is 0 Å². The summed E-state index contributed by atoms with van der Waals surface area (Å²) in [5.74, 6) is 0.422. The number of rotatable bonds is 5. The molecule has 0 radical (unpaired) electrons. The Labute approximate surface area is 143 Å². The Morgan fingerprint density at radius 1 is 1.12 bits per heavy atom. The molecule has 0 aliphatic carbocycles. The minimum atomic E-state index is -0.637. The molecule has 0 unspecified atom stereocenters. The lowest BCUT2D eigenvalue weighted by atomic mass is 10.1. The second-order valence-corrected chi connectivity index (χ2v) is 5.26. The minimum absolute atomic E-state index is 0.0540. The highest BCUT2D eigenvalue weighted by atomic mass is 35.5. The van der Waals surface area contributed by atoms with E-state index in [1.54, 1.807) is 18.2 Å². The second kappa shape index (κ2) is 7.18. The van der Waals surface area contributed by atoms with Crippen LogP contribution in [-0.4, -0.2) is 32.1 Å². The first-order valence-corrected chi connectivity index (χ1v) is 7.21. The van der Waals surface area contributed by atoms with Gasteiger partial charge in [0.05, 0.1) is 19.1 Å². The van der Waals surface area contributed by atoms with E-state index in [9.17, 15) is 14.9 Å². The first kappa shape index (κ1) is 17.6. The fraction of sp³-hybridized carbons (Fsp3) is 0.188. The molecule has 0 saturated carbocycles. The number of amides is 1. The maximum atomic E-state index is 12.6. The third kappa shape index (κ3) is 3.41. The molecule has 0 bridgehead atoms. The molecule has 1 amide bonds. The molecule has 126 valence electrons. The fourth-order valence-electron chi connectivity index (χ4n) is 2.17. The van der Waals surface area contributed by atoms with Gasteiger partial charge in [0.2, 0.25) is 0 Å². The van der Waals surface area contributed by atoms with Gasteiger partial charge < -0.3 is 14.4 Å². The summed E-state index contributed by atoms with van der Waals surface area (Å²) in [7, 11) is 4.50. The summed E-state index contributed by atoms with van der Waals surface area (Å²) < 4.78 is 10.3. The number of benzene rings is 2. The molecule has 2 aromatic rings. The Morgan fingerprint density at radius 3 is 2.38 bits per heavy atom.